The van der Waals surface area contributed by atoms with E-state index in [0.717, 1.165) is 0 Å². The summed E-state index contributed by atoms with van der Waals surface area (Å²) < 4.78 is 0. The van der Waals surface area contributed by atoms with Crippen LogP contribution in [0.5, 0.6) is 0 Å². The van der Waals surface area contributed by atoms with E-state index in [0.29, 0.717) is 17.7 Å². The third kappa shape index (κ3) is 4.01. The molecule has 0 heterocycles. The van der Waals surface area contributed by atoms with Gasteiger partial charge in [0.25, 0.3) is 11.6 Å². The molecule has 0 radical (unpaired) electrons. The van der Waals surface area contributed by atoms with Crippen molar-refractivity contribution >= 4 is 17.6 Å². The number of nitrogens with zero attached hydrogens (tertiary/aromatic N) is 2. The Labute approximate surface area is 122 Å². The van der Waals surface area contributed by atoms with Gasteiger partial charge < -0.3 is 10.0 Å². The molecule has 0 aliphatic rings. The third-order valence-electron chi connectivity index (χ3n) is 3.24. The van der Waals surface area contributed by atoms with Gasteiger partial charge in [0.05, 0.1) is 11.3 Å². The van der Waals surface area contributed by atoms with Crippen molar-refractivity contribution in [1.82, 2.24) is 4.90 Å². The number of nitro benzene ring substituents is 1. The lowest BCUT2D eigenvalue weighted by atomic mass is 10.1. The number of hydrogen-bond acceptors (Lipinski definition) is 4. The second kappa shape index (κ2) is 6.83. The number of hydrogen-bond donors (Lipinski definition) is 1. The topological polar surface area (TPSA) is 101 Å². The summed E-state index contributed by atoms with van der Waals surface area (Å²) in [5, 5.41) is 19.6. The van der Waals surface area contributed by atoms with Gasteiger partial charge in [0, 0.05) is 29.8 Å². The number of rotatable bonds is 6. The van der Waals surface area contributed by atoms with E-state index in [1.54, 1.807) is 20.8 Å². The van der Waals surface area contributed by atoms with E-state index in [4.69, 9.17) is 5.11 Å². The Kier molecular flexibility index (Phi) is 5.40. The number of carboxylic acids is 1. The SMILES string of the molecule is CCN(C(=O)c1ccc([N+](=O)[O-])c(C)c1)C(C)CC(=O)O. The van der Waals surface area contributed by atoms with Crippen LogP contribution in [0.3, 0.4) is 0 Å². The number of benzene rings is 1. The van der Waals surface area contributed by atoms with Crippen molar-refractivity contribution in [3.05, 3.63) is 39.4 Å². The van der Waals surface area contributed by atoms with E-state index >= 15 is 0 Å². The van der Waals surface area contributed by atoms with E-state index in [1.165, 1.54) is 23.1 Å². The zero-order chi connectivity index (χ0) is 16.2. The van der Waals surface area contributed by atoms with Gasteiger partial charge in [0.15, 0.2) is 0 Å². The fraction of sp³-hybridized carbons (Fsp3) is 0.429. The lowest BCUT2D eigenvalue weighted by Crippen LogP contribution is -2.39. The number of carbonyl (C=O) groups is 2. The Bertz CT molecular complexity index is 570. The Morgan fingerprint density at radius 2 is 2.05 bits per heavy atom. The molecule has 0 saturated heterocycles. The molecule has 1 amide bonds. The standard InChI is InChI=1S/C14H18N2O5/c1-4-15(10(3)8-13(17)18)14(19)11-5-6-12(16(20)21)9(2)7-11/h5-7,10H,4,8H2,1-3H3,(H,17,18). The van der Waals surface area contributed by atoms with Crippen LogP contribution < -0.4 is 0 Å². The van der Waals surface area contributed by atoms with Crippen molar-refractivity contribution in [2.24, 2.45) is 0 Å². The molecule has 21 heavy (non-hydrogen) atoms. The number of aliphatic carboxylic acids is 1. The molecule has 1 rings (SSSR count). The highest BCUT2D eigenvalue weighted by Crippen LogP contribution is 2.20. The van der Waals surface area contributed by atoms with Crippen LogP contribution in [0.4, 0.5) is 5.69 Å². The average Bonchev–Trinajstić information content (AvgIpc) is 2.37. The summed E-state index contributed by atoms with van der Waals surface area (Å²) in [7, 11) is 0. The maximum atomic E-state index is 12.4. The van der Waals surface area contributed by atoms with Crippen LogP contribution in [-0.4, -0.2) is 39.4 Å². The second-order valence-electron chi connectivity index (χ2n) is 4.80. The molecule has 1 aromatic carbocycles. The van der Waals surface area contributed by atoms with Gasteiger partial charge in [0.1, 0.15) is 0 Å². The number of amides is 1. The van der Waals surface area contributed by atoms with Crippen molar-refractivity contribution in [1.29, 1.82) is 0 Å². The van der Waals surface area contributed by atoms with Crippen molar-refractivity contribution in [2.45, 2.75) is 33.2 Å². The molecule has 1 unspecified atom stereocenters. The van der Waals surface area contributed by atoms with Gasteiger partial charge in [0.2, 0.25) is 0 Å². The van der Waals surface area contributed by atoms with Gasteiger partial charge in [-0.2, -0.15) is 0 Å². The highest BCUT2D eigenvalue weighted by atomic mass is 16.6. The number of aryl methyl sites for hydroxylation is 1. The Morgan fingerprint density at radius 1 is 1.43 bits per heavy atom. The third-order valence-corrected chi connectivity index (χ3v) is 3.24. The van der Waals surface area contributed by atoms with Crippen LogP contribution in [0.2, 0.25) is 0 Å². The fourth-order valence-electron chi connectivity index (χ4n) is 2.18. The van der Waals surface area contributed by atoms with Gasteiger partial charge in [-0.05, 0) is 32.9 Å². The summed E-state index contributed by atoms with van der Waals surface area (Å²) in [6.07, 6.45) is -0.147. The monoisotopic (exact) mass is 294 g/mol. The van der Waals surface area contributed by atoms with Gasteiger partial charge in [-0.15, -0.1) is 0 Å². The number of carbonyl (C=O) groups excluding carboxylic acids is 1. The first-order valence-corrected chi connectivity index (χ1v) is 6.55. The lowest BCUT2D eigenvalue weighted by Gasteiger charge is -2.27. The first-order valence-electron chi connectivity index (χ1n) is 6.55. The molecule has 0 aliphatic carbocycles. The molecule has 0 aliphatic heterocycles. The van der Waals surface area contributed by atoms with Gasteiger partial charge in [-0.3, -0.25) is 19.7 Å². The predicted molar refractivity (Wildman–Crippen MR) is 76.3 cm³/mol. The molecule has 114 valence electrons. The zero-order valence-electron chi connectivity index (χ0n) is 12.2. The molecule has 0 bridgehead atoms. The Balaban J connectivity index is 3.03. The molecule has 7 heteroatoms. The van der Waals surface area contributed by atoms with Crippen LogP contribution in [0, 0.1) is 17.0 Å². The molecule has 1 aromatic rings. The van der Waals surface area contributed by atoms with E-state index in [-0.39, 0.29) is 18.0 Å². The molecule has 1 atom stereocenters. The zero-order valence-corrected chi connectivity index (χ0v) is 12.2. The van der Waals surface area contributed by atoms with Crippen LogP contribution in [0.1, 0.15) is 36.2 Å². The maximum Gasteiger partial charge on any atom is 0.305 e. The van der Waals surface area contributed by atoms with E-state index in [2.05, 4.69) is 0 Å². The highest BCUT2D eigenvalue weighted by molar-refractivity contribution is 5.95. The second-order valence-corrected chi connectivity index (χ2v) is 4.80. The predicted octanol–water partition coefficient (Wildman–Crippen LogP) is 2.23. The molecular weight excluding hydrogens is 276 g/mol. The van der Waals surface area contributed by atoms with Gasteiger partial charge >= 0.3 is 5.97 Å². The smallest absolute Gasteiger partial charge is 0.305 e. The molecule has 0 spiro atoms. The van der Waals surface area contributed by atoms with Gasteiger partial charge in [-0.25, -0.2) is 0 Å². The molecule has 0 saturated carbocycles. The van der Waals surface area contributed by atoms with Crippen LogP contribution in [-0.2, 0) is 4.79 Å². The van der Waals surface area contributed by atoms with Gasteiger partial charge in [-0.1, -0.05) is 0 Å². The average molecular weight is 294 g/mol. The first kappa shape index (κ1) is 16.6. The molecule has 0 aromatic heterocycles. The minimum atomic E-state index is -0.978. The molecule has 7 nitrogen and oxygen atoms in total. The molecular formula is C14H18N2O5. The Hall–Kier alpha value is -2.44. The van der Waals surface area contributed by atoms with Crippen LogP contribution in [0.15, 0.2) is 18.2 Å². The Morgan fingerprint density at radius 3 is 2.48 bits per heavy atom. The van der Waals surface area contributed by atoms with Crippen molar-refractivity contribution in [2.75, 3.05) is 6.54 Å². The van der Waals surface area contributed by atoms with Crippen molar-refractivity contribution < 1.29 is 19.6 Å². The summed E-state index contributed by atoms with van der Waals surface area (Å²) >= 11 is 0. The highest BCUT2D eigenvalue weighted by Gasteiger charge is 2.23. The summed E-state index contributed by atoms with van der Waals surface area (Å²) in [6.45, 7) is 5.34. The quantitative estimate of drug-likeness (QED) is 0.640. The van der Waals surface area contributed by atoms with Crippen LogP contribution >= 0.6 is 0 Å². The van der Waals surface area contributed by atoms with Crippen molar-refractivity contribution in [3.8, 4) is 0 Å². The van der Waals surface area contributed by atoms with E-state index in [1.807, 2.05) is 0 Å². The minimum Gasteiger partial charge on any atom is -0.481 e. The van der Waals surface area contributed by atoms with Crippen LogP contribution in [0.25, 0.3) is 0 Å². The minimum absolute atomic E-state index is 0.0480. The van der Waals surface area contributed by atoms with E-state index < -0.39 is 16.9 Å². The fourth-order valence-corrected chi connectivity index (χ4v) is 2.18. The number of carboxylic acid groups (broad SMARTS) is 1. The summed E-state index contributed by atoms with van der Waals surface area (Å²) in [5.74, 6) is -1.31. The summed E-state index contributed by atoms with van der Waals surface area (Å²) in [6, 6.07) is 3.69. The largest absolute Gasteiger partial charge is 0.481 e. The number of nitro groups is 1. The van der Waals surface area contributed by atoms with E-state index in [9.17, 15) is 19.7 Å². The lowest BCUT2D eigenvalue weighted by molar-refractivity contribution is -0.385. The summed E-state index contributed by atoms with van der Waals surface area (Å²) in [4.78, 5) is 34.8. The first-order chi connectivity index (χ1) is 9.77. The molecule has 1 N–H and O–H groups in total. The van der Waals surface area contributed by atoms with Crippen molar-refractivity contribution in [3.63, 3.8) is 0 Å². The summed E-state index contributed by atoms with van der Waals surface area (Å²) in [5.41, 5.74) is 0.665. The molecule has 0 fully saturated rings. The normalized spacial score (nSPS) is 11.8. The maximum absolute atomic E-state index is 12.4.